The molecular weight excluding hydrogens is 424 g/mol. The van der Waals surface area contributed by atoms with E-state index in [0.29, 0.717) is 36.0 Å². The molecule has 4 aliphatic carbocycles. The van der Waals surface area contributed by atoms with Crippen molar-refractivity contribution in [1.29, 1.82) is 0 Å². The molecule has 0 bridgehead atoms. The Balaban J connectivity index is 1.50. The van der Waals surface area contributed by atoms with Crippen molar-refractivity contribution in [2.75, 3.05) is 0 Å². The molecule has 3 fully saturated rings. The number of cyclic esters (lactones) is 1. The summed E-state index contributed by atoms with van der Waals surface area (Å²) in [6, 6.07) is 0. The number of esters is 1. The van der Waals surface area contributed by atoms with Crippen molar-refractivity contribution in [2.45, 2.75) is 112 Å². The van der Waals surface area contributed by atoms with Gasteiger partial charge in [-0.25, -0.2) is 4.79 Å². The maximum absolute atomic E-state index is 12.8. The van der Waals surface area contributed by atoms with Gasteiger partial charge >= 0.3 is 5.97 Å². The normalized spacial score (nSPS) is 47.4. The van der Waals surface area contributed by atoms with Gasteiger partial charge in [0.15, 0.2) is 0 Å². The first-order valence-electron chi connectivity index (χ1n) is 13.5. The number of Topliss-reactive ketones (excluding diaryl/α,β-unsaturated/α-hetero) is 1. The number of ketones is 1. The standard InChI is InChI=1S/C30H44O4/c1-18-8-11-24(34-25(18)32)30(7,33)22-13-17-28(5)20-9-10-21-26(2,3)23(31)14-15-27(21,4)19(20)12-16-29(22,28)6/h8,12,20-22,24,33H,9-11,13-17H2,1-7H3/t20-,21+,22+,24-,27-,28+,29-,30-/m1/s1. The highest BCUT2D eigenvalue weighted by Crippen LogP contribution is 2.73. The molecule has 4 nitrogen and oxygen atoms in total. The molecule has 3 saturated carbocycles. The average Bonchev–Trinajstić information content (AvgIpc) is 3.05. The first-order valence-corrected chi connectivity index (χ1v) is 13.5. The van der Waals surface area contributed by atoms with E-state index in [9.17, 15) is 14.7 Å². The van der Waals surface area contributed by atoms with Crippen LogP contribution >= 0.6 is 0 Å². The fourth-order valence-electron chi connectivity index (χ4n) is 9.68. The Kier molecular flexibility index (Phi) is 5.22. The average molecular weight is 469 g/mol. The van der Waals surface area contributed by atoms with Gasteiger partial charge in [-0.3, -0.25) is 4.79 Å². The van der Waals surface area contributed by atoms with Gasteiger partial charge in [-0.15, -0.1) is 0 Å². The summed E-state index contributed by atoms with van der Waals surface area (Å²) in [6.45, 7) is 15.4. The number of ether oxygens (including phenoxy) is 1. The van der Waals surface area contributed by atoms with E-state index in [1.807, 2.05) is 13.0 Å². The minimum absolute atomic E-state index is 0.0590. The Bertz CT molecular complexity index is 986. The Morgan fingerprint density at radius 1 is 1.00 bits per heavy atom. The summed E-state index contributed by atoms with van der Waals surface area (Å²) in [5, 5.41) is 11.9. The van der Waals surface area contributed by atoms with Gasteiger partial charge in [-0.05, 0) is 86.4 Å². The highest BCUT2D eigenvalue weighted by atomic mass is 16.6. The van der Waals surface area contributed by atoms with Crippen molar-refractivity contribution in [2.24, 2.45) is 39.4 Å². The van der Waals surface area contributed by atoms with E-state index in [1.54, 1.807) is 12.5 Å². The van der Waals surface area contributed by atoms with Crippen LogP contribution in [-0.2, 0) is 14.3 Å². The van der Waals surface area contributed by atoms with Crippen molar-refractivity contribution in [1.82, 2.24) is 0 Å². The summed E-state index contributed by atoms with van der Waals surface area (Å²) in [6.07, 6.45) is 11.4. The van der Waals surface area contributed by atoms with Crippen LogP contribution in [0.5, 0.6) is 0 Å². The van der Waals surface area contributed by atoms with Crippen molar-refractivity contribution < 1.29 is 19.4 Å². The Labute approximate surface area is 205 Å². The summed E-state index contributed by atoms with van der Waals surface area (Å²) < 4.78 is 5.76. The second-order valence-electron chi connectivity index (χ2n) is 13.8. The van der Waals surface area contributed by atoms with E-state index in [-0.39, 0.29) is 33.5 Å². The van der Waals surface area contributed by atoms with Gasteiger partial charge in [0.1, 0.15) is 17.5 Å². The molecule has 1 heterocycles. The number of allylic oxidation sites excluding steroid dienone is 2. The van der Waals surface area contributed by atoms with Crippen molar-refractivity contribution in [3.8, 4) is 0 Å². The molecule has 34 heavy (non-hydrogen) atoms. The third kappa shape index (κ3) is 2.93. The molecule has 4 heteroatoms. The first kappa shape index (κ1) is 24.3. The molecule has 1 aliphatic heterocycles. The molecule has 0 aromatic carbocycles. The van der Waals surface area contributed by atoms with Crippen LogP contribution < -0.4 is 0 Å². The number of rotatable bonds is 2. The quantitative estimate of drug-likeness (QED) is 0.389. The van der Waals surface area contributed by atoms with Crippen LogP contribution in [0.25, 0.3) is 0 Å². The van der Waals surface area contributed by atoms with Crippen LogP contribution in [0.1, 0.15) is 99.8 Å². The van der Waals surface area contributed by atoms with Crippen LogP contribution in [-0.4, -0.2) is 28.6 Å². The van der Waals surface area contributed by atoms with Gasteiger partial charge < -0.3 is 9.84 Å². The van der Waals surface area contributed by atoms with Crippen LogP contribution in [0, 0.1) is 39.4 Å². The molecule has 5 aliphatic rings. The van der Waals surface area contributed by atoms with Gasteiger partial charge in [0.2, 0.25) is 0 Å². The Morgan fingerprint density at radius 3 is 2.38 bits per heavy atom. The molecule has 5 rings (SSSR count). The monoisotopic (exact) mass is 468 g/mol. The number of carbonyl (C=O) groups excluding carboxylic acids is 2. The second kappa shape index (κ2) is 7.31. The Hall–Kier alpha value is -1.42. The van der Waals surface area contributed by atoms with E-state index in [4.69, 9.17) is 4.74 Å². The fourth-order valence-corrected chi connectivity index (χ4v) is 9.68. The molecule has 8 atom stereocenters. The number of fused-ring (bicyclic) bond motifs is 5. The molecule has 0 aromatic heterocycles. The largest absolute Gasteiger partial charge is 0.456 e. The minimum Gasteiger partial charge on any atom is -0.456 e. The topological polar surface area (TPSA) is 63.6 Å². The summed E-state index contributed by atoms with van der Waals surface area (Å²) in [5.74, 6) is 1.11. The smallest absolute Gasteiger partial charge is 0.333 e. The van der Waals surface area contributed by atoms with E-state index >= 15 is 0 Å². The lowest BCUT2D eigenvalue weighted by molar-refractivity contribution is -0.181. The lowest BCUT2D eigenvalue weighted by atomic mass is 9.41. The molecule has 0 amide bonds. The molecule has 188 valence electrons. The van der Waals surface area contributed by atoms with Crippen LogP contribution in [0.3, 0.4) is 0 Å². The molecule has 0 aromatic rings. The maximum Gasteiger partial charge on any atom is 0.333 e. The molecule has 0 spiro atoms. The summed E-state index contributed by atoms with van der Waals surface area (Å²) in [7, 11) is 0. The van der Waals surface area contributed by atoms with Gasteiger partial charge in [-0.2, -0.15) is 0 Å². The van der Waals surface area contributed by atoms with Crippen LogP contribution in [0.4, 0.5) is 0 Å². The van der Waals surface area contributed by atoms with Gasteiger partial charge in [0.25, 0.3) is 0 Å². The van der Waals surface area contributed by atoms with Gasteiger partial charge in [0, 0.05) is 23.8 Å². The van der Waals surface area contributed by atoms with Crippen molar-refractivity contribution in [3.63, 3.8) is 0 Å². The number of carbonyl (C=O) groups is 2. The SMILES string of the molecule is CC1=CC[C@H]([C@](C)(O)[C@H]2CC[C@@]3(C)[C@@H]4CC[C@H]5C(C)(C)C(=O)CC[C@]5(C)C4=CC[C@]23C)OC1=O. The third-order valence-corrected chi connectivity index (χ3v) is 12.1. The van der Waals surface area contributed by atoms with E-state index in [1.165, 1.54) is 0 Å². The lowest BCUT2D eigenvalue weighted by Gasteiger charge is -2.63. The first-order chi connectivity index (χ1) is 15.7. The maximum atomic E-state index is 12.8. The zero-order valence-corrected chi connectivity index (χ0v) is 22.3. The zero-order chi connectivity index (χ0) is 24.9. The van der Waals surface area contributed by atoms with Crippen LogP contribution in [0.15, 0.2) is 23.3 Å². The van der Waals surface area contributed by atoms with Crippen molar-refractivity contribution >= 4 is 11.8 Å². The summed E-state index contributed by atoms with van der Waals surface area (Å²) in [4.78, 5) is 25.1. The van der Waals surface area contributed by atoms with Gasteiger partial charge in [-0.1, -0.05) is 52.3 Å². The van der Waals surface area contributed by atoms with Crippen LogP contribution in [0.2, 0.25) is 0 Å². The molecular formula is C30H44O4. The highest BCUT2D eigenvalue weighted by Gasteiger charge is 2.67. The predicted molar refractivity (Wildman–Crippen MR) is 133 cm³/mol. The fraction of sp³-hybridized carbons (Fsp3) is 0.800. The predicted octanol–water partition coefficient (Wildman–Crippen LogP) is 6.17. The summed E-state index contributed by atoms with van der Waals surface area (Å²) >= 11 is 0. The highest BCUT2D eigenvalue weighted by molar-refractivity contribution is 5.88. The van der Waals surface area contributed by atoms with E-state index in [0.717, 1.165) is 38.5 Å². The minimum atomic E-state index is -1.06. The zero-order valence-electron chi connectivity index (χ0n) is 22.3. The van der Waals surface area contributed by atoms with E-state index in [2.05, 4.69) is 40.7 Å². The molecule has 0 saturated heterocycles. The second-order valence-corrected chi connectivity index (χ2v) is 13.8. The molecule has 0 radical (unpaired) electrons. The Morgan fingerprint density at radius 2 is 1.71 bits per heavy atom. The number of hydrogen-bond donors (Lipinski definition) is 1. The van der Waals surface area contributed by atoms with E-state index < -0.39 is 11.7 Å². The lowest BCUT2D eigenvalue weighted by Crippen LogP contribution is -2.59. The number of hydrogen-bond acceptors (Lipinski definition) is 4. The van der Waals surface area contributed by atoms with Crippen molar-refractivity contribution in [3.05, 3.63) is 23.3 Å². The molecule has 1 N–H and O–H groups in total. The molecule has 0 unspecified atom stereocenters. The summed E-state index contributed by atoms with van der Waals surface area (Å²) in [5.41, 5.74) is 1.05. The number of aliphatic hydroxyl groups is 1. The third-order valence-electron chi connectivity index (χ3n) is 12.1. The van der Waals surface area contributed by atoms with Gasteiger partial charge in [0.05, 0.1) is 0 Å².